The standard InChI is InChI=1S/C16H21NO4.Ca.2H/c18-15(19)7-6-13-8-10-17(11-9-13)16(20)21-12-14-4-2-1-3-5-14;;;/h1-5,13H,6-12H2,(H,18,19);;;/q;+2;2*-1. The molecule has 1 fully saturated rings. The number of amides is 1. The summed E-state index contributed by atoms with van der Waals surface area (Å²) in [6, 6.07) is 9.60. The van der Waals surface area contributed by atoms with E-state index in [9.17, 15) is 9.59 Å². The first-order valence-corrected chi connectivity index (χ1v) is 7.32. The molecule has 1 N–H and O–H groups in total. The van der Waals surface area contributed by atoms with Gasteiger partial charge in [0.1, 0.15) is 6.61 Å². The second kappa shape index (κ2) is 10.1. The molecule has 0 bridgehead atoms. The Morgan fingerprint density at radius 1 is 1.23 bits per heavy atom. The Morgan fingerprint density at radius 2 is 1.86 bits per heavy atom. The van der Waals surface area contributed by atoms with Crippen molar-refractivity contribution in [2.24, 2.45) is 5.92 Å². The number of nitrogens with zero attached hydrogens (tertiary/aromatic N) is 1. The van der Waals surface area contributed by atoms with Crippen molar-refractivity contribution >= 4 is 49.8 Å². The summed E-state index contributed by atoms with van der Waals surface area (Å²) in [5, 5.41) is 8.68. The van der Waals surface area contributed by atoms with Crippen molar-refractivity contribution < 1.29 is 22.3 Å². The van der Waals surface area contributed by atoms with Crippen molar-refractivity contribution in [1.29, 1.82) is 0 Å². The van der Waals surface area contributed by atoms with E-state index < -0.39 is 5.97 Å². The molecule has 118 valence electrons. The molecule has 6 heteroatoms. The fourth-order valence-corrected chi connectivity index (χ4v) is 2.54. The average Bonchev–Trinajstić information content (AvgIpc) is 2.52. The Kier molecular flexibility index (Phi) is 8.83. The van der Waals surface area contributed by atoms with Crippen LogP contribution in [0.1, 0.15) is 34.1 Å². The molecule has 1 heterocycles. The van der Waals surface area contributed by atoms with E-state index in [4.69, 9.17) is 9.84 Å². The minimum absolute atomic E-state index is 0. The van der Waals surface area contributed by atoms with Crippen LogP contribution in [0.25, 0.3) is 0 Å². The minimum atomic E-state index is -0.750. The number of carboxylic acid groups (broad SMARTS) is 1. The van der Waals surface area contributed by atoms with Crippen molar-refractivity contribution in [1.82, 2.24) is 4.90 Å². The Hall–Kier alpha value is -0.780. The monoisotopic (exact) mass is 333 g/mol. The molecule has 22 heavy (non-hydrogen) atoms. The predicted octanol–water partition coefficient (Wildman–Crippen LogP) is 2.74. The molecule has 1 aliphatic rings. The average molecular weight is 333 g/mol. The van der Waals surface area contributed by atoms with Crippen LogP contribution in [-0.4, -0.2) is 72.9 Å². The fourth-order valence-electron chi connectivity index (χ4n) is 2.54. The Morgan fingerprint density at radius 3 is 2.45 bits per heavy atom. The minimum Gasteiger partial charge on any atom is -1.00 e. The number of carbonyl (C=O) groups is 2. The third-order valence-electron chi connectivity index (χ3n) is 3.84. The van der Waals surface area contributed by atoms with Gasteiger partial charge in [-0.05, 0) is 30.7 Å². The molecule has 0 aliphatic carbocycles. The molecule has 0 saturated carbocycles. The largest absolute Gasteiger partial charge is 2.00 e. The van der Waals surface area contributed by atoms with E-state index in [2.05, 4.69) is 0 Å². The molecule has 0 radical (unpaired) electrons. The van der Waals surface area contributed by atoms with Crippen LogP contribution in [0.2, 0.25) is 0 Å². The number of piperidine rings is 1. The molecule has 0 atom stereocenters. The maximum atomic E-state index is 12.0. The van der Waals surface area contributed by atoms with Gasteiger partial charge in [0.2, 0.25) is 0 Å². The van der Waals surface area contributed by atoms with Gasteiger partial charge in [-0.15, -0.1) is 0 Å². The number of ether oxygens (including phenoxy) is 1. The van der Waals surface area contributed by atoms with Crippen LogP contribution in [0, 0.1) is 5.92 Å². The van der Waals surface area contributed by atoms with Gasteiger partial charge in [-0.1, -0.05) is 30.3 Å². The zero-order valence-electron chi connectivity index (χ0n) is 14.7. The summed E-state index contributed by atoms with van der Waals surface area (Å²) in [6.07, 6.45) is 2.34. The summed E-state index contributed by atoms with van der Waals surface area (Å²) >= 11 is 0. The van der Waals surface area contributed by atoms with Crippen LogP contribution in [-0.2, 0) is 16.1 Å². The van der Waals surface area contributed by atoms with Gasteiger partial charge >= 0.3 is 49.8 Å². The van der Waals surface area contributed by atoms with Gasteiger partial charge in [0.05, 0.1) is 0 Å². The number of carbonyl (C=O) groups excluding carboxylic acids is 1. The van der Waals surface area contributed by atoms with Gasteiger partial charge in [-0.3, -0.25) is 4.79 Å². The van der Waals surface area contributed by atoms with E-state index in [0.717, 1.165) is 18.4 Å². The smallest absolute Gasteiger partial charge is 1.00 e. The summed E-state index contributed by atoms with van der Waals surface area (Å²) in [7, 11) is 0. The number of hydrogen-bond acceptors (Lipinski definition) is 3. The fraction of sp³-hybridized carbons (Fsp3) is 0.500. The molecule has 5 nitrogen and oxygen atoms in total. The first kappa shape index (κ1) is 19.3. The van der Waals surface area contributed by atoms with Gasteiger partial charge in [0, 0.05) is 19.5 Å². The van der Waals surface area contributed by atoms with Crippen LogP contribution in [0.5, 0.6) is 0 Å². The van der Waals surface area contributed by atoms with Crippen LogP contribution < -0.4 is 0 Å². The second-order valence-corrected chi connectivity index (χ2v) is 5.40. The van der Waals surface area contributed by atoms with Gasteiger partial charge in [0.25, 0.3) is 0 Å². The first-order chi connectivity index (χ1) is 10.1. The normalized spacial score (nSPS) is 15.0. The Labute approximate surface area is 163 Å². The number of aliphatic carboxylic acids is 1. The van der Waals surface area contributed by atoms with E-state index in [0.29, 0.717) is 32.0 Å². The number of likely N-dealkylation sites (tertiary alicyclic amines) is 1. The molecule has 1 aliphatic heterocycles. The summed E-state index contributed by atoms with van der Waals surface area (Å²) in [6.45, 7) is 1.59. The molecule has 0 aromatic heterocycles. The number of hydrogen-bond donors (Lipinski definition) is 1. The third kappa shape index (κ3) is 6.55. The van der Waals surface area contributed by atoms with E-state index >= 15 is 0 Å². The molecule has 1 saturated heterocycles. The van der Waals surface area contributed by atoms with E-state index in [1.807, 2.05) is 30.3 Å². The zero-order valence-corrected chi connectivity index (χ0v) is 14.9. The van der Waals surface area contributed by atoms with Gasteiger partial charge in [-0.25, -0.2) is 4.79 Å². The maximum absolute atomic E-state index is 12.0. The second-order valence-electron chi connectivity index (χ2n) is 5.40. The molecule has 0 unspecified atom stereocenters. The number of rotatable bonds is 5. The molecule has 2 rings (SSSR count). The van der Waals surface area contributed by atoms with E-state index in [-0.39, 0.29) is 53.1 Å². The first-order valence-electron chi connectivity index (χ1n) is 7.32. The van der Waals surface area contributed by atoms with E-state index in [1.54, 1.807) is 4.90 Å². The summed E-state index contributed by atoms with van der Waals surface area (Å²) < 4.78 is 5.29. The molecular formula is C16H23CaNO4. The molecule has 1 aromatic rings. The molecule has 1 amide bonds. The zero-order chi connectivity index (χ0) is 15.1. The van der Waals surface area contributed by atoms with Gasteiger partial charge in [0.15, 0.2) is 0 Å². The van der Waals surface area contributed by atoms with E-state index in [1.165, 1.54) is 0 Å². The summed E-state index contributed by atoms with van der Waals surface area (Å²) in [5.41, 5.74) is 0.974. The molecular weight excluding hydrogens is 310 g/mol. The maximum Gasteiger partial charge on any atom is 2.00 e. The van der Waals surface area contributed by atoms with Crippen molar-refractivity contribution in [3.63, 3.8) is 0 Å². The number of carboxylic acids is 1. The Balaban J connectivity index is 0. The quantitative estimate of drug-likeness (QED) is 0.842. The van der Waals surface area contributed by atoms with Crippen molar-refractivity contribution in [3.05, 3.63) is 35.9 Å². The van der Waals surface area contributed by atoms with Crippen molar-refractivity contribution in [2.45, 2.75) is 32.3 Å². The molecule has 0 spiro atoms. The topological polar surface area (TPSA) is 66.8 Å². The number of benzene rings is 1. The third-order valence-corrected chi connectivity index (χ3v) is 3.84. The predicted molar refractivity (Wildman–Crippen MR) is 85.8 cm³/mol. The molecule has 1 aromatic carbocycles. The van der Waals surface area contributed by atoms with Crippen LogP contribution in [0.4, 0.5) is 4.79 Å². The summed E-state index contributed by atoms with van der Waals surface area (Å²) in [4.78, 5) is 24.2. The summed E-state index contributed by atoms with van der Waals surface area (Å²) in [5.74, 6) is -0.348. The van der Waals surface area contributed by atoms with Gasteiger partial charge < -0.3 is 17.6 Å². The Bertz CT molecular complexity index is 482. The van der Waals surface area contributed by atoms with Crippen LogP contribution >= 0.6 is 0 Å². The van der Waals surface area contributed by atoms with Crippen molar-refractivity contribution in [2.75, 3.05) is 13.1 Å². The van der Waals surface area contributed by atoms with Gasteiger partial charge in [-0.2, -0.15) is 0 Å². The van der Waals surface area contributed by atoms with Crippen molar-refractivity contribution in [3.8, 4) is 0 Å². The van der Waals surface area contributed by atoms with Crippen LogP contribution in [0.3, 0.4) is 0 Å². The SMILES string of the molecule is O=C(O)CCC1CCN(C(=O)OCc2ccccc2)CC1.[Ca+2].[H-].[H-]. The van der Waals surface area contributed by atoms with Crippen LogP contribution in [0.15, 0.2) is 30.3 Å².